The zero-order valence-corrected chi connectivity index (χ0v) is 14.1. The molecule has 1 amide bonds. The SMILES string of the molecule is COc1ccccc1NC(=O)Cn1nnc(-c2ccc(C(F)(F)F)cc2)n1. The third-order valence-corrected chi connectivity index (χ3v) is 3.59. The van der Waals surface area contributed by atoms with Gasteiger partial charge in [0.15, 0.2) is 0 Å². The molecule has 7 nitrogen and oxygen atoms in total. The van der Waals surface area contributed by atoms with Crippen LogP contribution in [0.3, 0.4) is 0 Å². The van der Waals surface area contributed by atoms with Crippen molar-refractivity contribution in [2.45, 2.75) is 12.7 Å². The quantitative estimate of drug-likeness (QED) is 0.739. The molecule has 0 saturated carbocycles. The van der Waals surface area contributed by atoms with Gasteiger partial charge < -0.3 is 10.1 Å². The Morgan fingerprint density at radius 2 is 1.85 bits per heavy atom. The number of carbonyl (C=O) groups is 1. The van der Waals surface area contributed by atoms with Crippen LogP contribution in [0.1, 0.15) is 5.56 Å². The number of para-hydroxylation sites is 2. The van der Waals surface area contributed by atoms with Crippen molar-refractivity contribution < 1.29 is 22.7 Å². The van der Waals surface area contributed by atoms with Crippen molar-refractivity contribution in [1.29, 1.82) is 0 Å². The van der Waals surface area contributed by atoms with Crippen LogP contribution in [-0.4, -0.2) is 33.2 Å². The van der Waals surface area contributed by atoms with E-state index in [1.165, 1.54) is 19.2 Å². The van der Waals surface area contributed by atoms with Gasteiger partial charge in [-0.15, -0.1) is 10.2 Å². The summed E-state index contributed by atoms with van der Waals surface area (Å²) in [7, 11) is 1.49. The second kappa shape index (κ2) is 7.44. The van der Waals surface area contributed by atoms with E-state index in [1.807, 2.05) is 0 Å². The first-order valence-electron chi connectivity index (χ1n) is 7.75. The van der Waals surface area contributed by atoms with Crippen LogP contribution in [0.4, 0.5) is 18.9 Å². The minimum absolute atomic E-state index is 0.119. The lowest BCUT2D eigenvalue weighted by Gasteiger charge is -2.09. The second-order valence-electron chi connectivity index (χ2n) is 5.47. The zero-order valence-electron chi connectivity index (χ0n) is 14.1. The van der Waals surface area contributed by atoms with Gasteiger partial charge >= 0.3 is 6.18 Å². The highest BCUT2D eigenvalue weighted by Gasteiger charge is 2.30. The molecule has 0 aliphatic heterocycles. The molecular weight excluding hydrogens is 363 g/mol. The van der Waals surface area contributed by atoms with E-state index in [4.69, 9.17) is 4.74 Å². The Kier molecular flexibility index (Phi) is 5.06. The number of nitrogens with one attached hydrogen (secondary N) is 1. The van der Waals surface area contributed by atoms with Crippen molar-refractivity contribution in [3.63, 3.8) is 0 Å². The minimum Gasteiger partial charge on any atom is -0.495 e. The van der Waals surface area contributed by atoms with E-state index in [2.05, 4.69) is 20.7 Å². The maximum absolute atomic E-state index is 12.6. The molecule has 140 valence electrons. The van der Waals surface area contributed by atoms with E-state index in [0.29, 0.717) is 17.0 Å². The molecule has 2 aromatic carbocycles. The average molecular weight is 377 g/mol. The number of ether oxygens (including phenoxy) is 1. The topological polar surface area (TPSA) is 81.9 Å². The van der Waals surface area contributed by atoms with Crippen LogP contribution in [-0.2, 0) is 17.5 Å². The average Bonchev–Trinajstić information content (AvgIpc) is 3.10. The molecule has 0 aliphatic rings. The Morgan fingerprint density at radius 1 is 1.15 bits per heavy atom. The van der Waals surface area contributed by atoms with Crippen LogP contribution < -0.4 is 10.1 Å². The van der Waals surface area contributed by atoms with Crippen molar-refractivity contribution in [3.8, 4) is 17.1 Å². The van der Waals surface area contributed by atoms with Gasteiger partial charge in [0.25, 0.3) is 0 Å². The number of methoxy groups -OCH3 is 1. The maximum atomic E-state index is 12.6. The third-order valence-electron chi connectivity index (χ3n) is 3.59. The van der Waals surface area contributed by atoms with Crippen molar-refractivity contribution in [2.75, 3.05) is 12.4 Å². The number of alkyl halides is 3. The first-order chi connectivity index (χ1) is 12.9. The number of hydrogen-bond donors (Lipinski definition) is 1. The molecule has 0 radical (unpaired) electrons. The summed E-state index contributed by atoms with van der Waals surface area (Å²) in [4.78, 5) is 13.2. The van der Waals surface area contributed by atoms with E-state index in [-0.39, 0.29) is 12.4 Å². The lowest BCUT2D eigenvalue weighted by molar-refractivity contribution is -0.137. The normalized spacial score (nSPS) is 11.3. The van der Waals surface area contributed by atoms with Gasteiger partial charge in [-0.2, -0.15) is 18.0 Å². The predicted octanol–water partition coefficient (Wildman–Crippen LogP) is 3.01. The highest BCUT2D eigenvalue weighted by atomic mass is 19.4. The van der Waals surface area contributed by atoms with Gasteiger partial charge in [-0.3, -0.25) is 4.79 Å². The van der Waals surface area contributed by atoms with Crippen molar-refractivity contribution >= 4 is 11.6 Å². The van der Waals surface area contributed by atoms with E-state index in [1.54, 1.807) is 24.3 Å². The number of amides is 1. The van der Waals surface area contributed by atoms with Gasteiger partial charge in [0.1, 0.15) is 12.3 Å². The standard InChI is InChI=1S/C17H14F3N5O2/c1-27-14-5-3-2-4-13(14)21-15(26)10-25-23-16(22-24-25)11-6-8-12(9-7-11)17(18,19)20/h2-9H,10H2,1H3,(H,21,26). The maximum Gasteiger partial charge on any atom is 0.416 e. The fourth-order valence-corrected chi connectivity index (χ4v) is 2.30. The van der Waals surface area contributed by atoms with Gasteiger partial charge in [-0.05, 0) is 29.5 Å². The Bertz CT molecular complexity index is 938. The first-order valence-corrected chi connectivity index (χ1v) is 7.75. The number of rotatable bonds is 5. The number of tetrazole rings is 1. The van der Waals surface area contributed by atoms with E-state index < -0.39 is 17.6 Å². The van der Waals surface area contributed by atoms with E-state index in [9.17, 15) is 18.0 Å². The minimum atomic E-state index is -4.42. The van der Waals surface area contributed by atoms with Crippen LogP contribution in [0, 0.1) is 0 Å². The fourth-order valence-electron chi connectivity index (χ4n) is 2.30. The summed E-state index contributed by atoms with van der Waals surface area (Å²) >= 11 is 0. The summed E-state index contributed by atoms with van der Waals surface area (Å²) < 4.78 is 43.0. The van der Waals surface area contributed by atoms with Crippen LogP contribution in [0.2, 0.25) is 0 Å². The molecule has 0 bridgehead atoms. The van der Waals surface area contributed by atoms with Crippen molar-refractivity contribution in [3.05, 3.63) is 54.1 Å². The molecule has 10 heteroatoms. The van der Waals surface area contributed by atoms with Gasteiger partial charge in [0, 0.05) is 5.56 Å². The number of halogens is 3. The largest absolute Gasteiger partial charge is 0.495 e. The molecular formula is C17H14F3N5O2. The molecule has 1 heterocycles. The van der Waals surface area contributed by atoms with Gasteiger partial charge in [0.2, 0.25) is 11.7 Å². The molecule has 3 rings (SSSR count). The molecule has 1 N–H and O–H groups in total. The van der Waals surface area contributed by atoms with E-state index in [0.717, 1.165) is 16.9 Å². The summed E-state index contributed by atoms with van der Waals surface area (Å²) in [5, 5.41) is 14.2. The van der Waals surface area contributed by atoms with Crippen LogP contribution >= 0.6 is 0 Å². The Labute approximate surface area is 151 Å². The Hall–Kier alpha value is -3.43. The molecule has 0 saturated heterocycles. The summed E-state index contributed by atoms with van der Waals surface area (Å²) in [6.45, 7) is -0.217. The molecule has 0 fully saturated rings. The second-order valence-corrected chi connectivity index (χ2v) is 5.47. The number of benzene rings is 2. The fraction of sp³-hybridized carbons (Fsp3) is 0.176. The number of hydrogen-bond acceptors (Lipinski definition) is 5. The molecule has 1 aromatic heterocycles. The molecule has 27 heavy (non-hydrogen) atoms. The van der Waals surface area contributed by atoms with Gasteiger partial charge in [0.05, 0.1) is 18.4 Å². The predicted molar refractivity (Wildman–Crippen MR) is 89.9 cm³/mol. The van der Waals surface area contributed by atoms with Crippen LogP contribution in [0.5, 0.6) is 5.75 Å². The Balaban J connectivity index is 1.68. The number of nitrogens with zero attached hydrogens (tertiary/aromatic N) is 4. The van der Waals surface area contributed by atoms with Crippen molar-refractivity contribution in [1.82, 2.24) is 20.2 Å². The molecule has 0 atom stereocenters. The zero-order chi connectivity index (χ0) is 19.4. The smallest absolute Gasteiger partial charge is 0.416 e. The number of carbonyl (C=O) groups excluding carboxylic acids is 1. The molecule has 0 spiro atoms. The summed E-state index contributed by atoms with van der Waals surface area (Å²) in [6.07, 6.45) is -4.42. The first kappa shape index (κ1) is 18.4. The number of anilines is 1. The van der Waals surface area contributed by atoms with E-state index >= 15 is 0 Å². The van der Waals surface area contributed by atoms with Crippen molar-refractivity contribution in [2.24, 2.45) is 0 Å². The molecule has 3 aromatic rings. The third kappa shape index (κ3) is 4.40. The summed E-state index contributed by atoms with van der Waals surface area (Å²) in [6, 6.07) is 11.3. The van der Waals surface area contributed by atoms with Crippen LogP contribution in [0.25, 0.3) is 11.4 Å². The molecule has 0 unspecified atom stereocenters. The Morgan fingerprint density at radius 3 is 2.52 bits per heavy atom. The monoisotopic (exact) mass is 377 g/mol. The molecule has 0 aliphatic carbocycles. The van der Waals surface area contributed by atoms with Gasteiger partial charge in [-0.1, -0.05) is 24.3 Å². The highest BCUT2D eigenvalue weighted by Crippen LogP contribution is 2.30. The van der Waals surface area contributed by atoms with Gasteiger partial charge in [-0.25, -0.2) is 0 Å². The number of aromatic nitrogens is 4. The lowest BCUT2D eigenvalue weighted by Crippen LogP contribution is -2.20. The highest BCUT2D eigenvalue weighted by molar-refractivity contribution is 5.91. The summed E-state index contributed by atoms with van der Waals surface area (Å²) in [5.41, 5.74) is 0.0855. The van der Waals surface area contributed by atoms with Crippen LogP contribution in [0.15, 0.2) is 48.5 Å². The lowest BCUT2D eigenvalue weighted by atomic mass is 10.1. The summed E-state index contributed by atoms with van der Waals surface area (Å²) in [5.74, 6) is 0.215.